The van der Waals surface area contributed by atoms with E-state index in [1.54, 1.807) is 0 Å². The van der Waals surface area contributed by atoms with Gasteiger partial charge in [-0.05, 0) is 48.4 Å². The van der Waals surface area contributed by atoms with Crippen LogP contribution in [-0.2, 0) is 4.74 Å². The molecule has 3 aromatic carbocycles. The fraction of sp³-hybridized carbons (Fsp3) is 0.261. The summed E-state index contributed by atoms with van der Waals surface area (Å²) in [5, 5.41) is 7.51. The number of hydrogen-bond acceptors (Lipinski definition) is 2. The Hall–Kier alpha value is -2.99. The molecule has 0 fully saturated rings. The first kappa shape index (κ1) is 17.8. The van der Waals surface area contributed by atoms with Gasteiger partial charge in [-0.1, -0.05) is 60.4 Å². The number of amides is 1. The first-order valence-electron chi connectivity index (χ1n) is 8.80. The standard InChI is InChI=1S/C23H23NO2/c1-23(2,3)26-22(25)24-15-9-8-11-18-16-17-10-4-5-12-19(17)21-14-7-6-13-20(18)21/h4-7,10,12-14,16H,9,15H2,1-3H3,(H,24,25). The zero-order valence-corrected chi connectivity index (χ0v) is 15.4. The predicted octanol–water partition coefficient (Wildman–Crippen LogP) is 5.26. The topological polar surface area (TPSA) is 38.3 Å². The van der Waals surface area contributed by atoms with Gasteiger partial charge in [0.1, 0.15) is 5.60 Å². The zero-order valence-electron chi connectivity index (χ0n) is 15.4. The Morgan fingerprint density at radius 1 is 1.00 bits per heavy atom. The van der Waals surface area contributed by atoms with Gasteiger partial charge in [-0.3, -0.25) is 0 Å². The van der Waals surface area contributed by atoms with Crippen molar-refractivity contribution in [1.29, 1.82) is 0 Å². The van der Waals surface area contributed by atoms with Crippen molar-refractivity contribution in [3.05, 3.63) is 60.2 Å². The Morgan fingerprint density at radius 2 is 1.65 bits per heavy atom. The van der Waals surface area contributed by atoms with Crippen LogP contribution in [0.2, 0.25) is 0 Å². The molecule has 0 bridgehead atoms. The number of rotatable bonds is 2. The molecule has 0 heterocycles. The van der Waals surface area contributed by atoms with E-state index in [2.05, 4.69) is 59.6 Å². The maximum Gasteiger partial charge on any atom is 0.407 e. The molecule has 0 aromatic heterocycles. The van der Waals surface area contributed by atoms with E-state index < -0.39 is 11.7 Å². The predicted molar refractivity (Wildman–Crippen MR) is 107 cm³/mol. The number of benzene rings is 3. The maximum absolute atomic E-state index is 11.6. The summed E-state index contributed by atoms with van der Waals surface area (Å²) >= 11 is 0. The van der Waals surface area contributed by atoms with Gasteiger partial charge in [0.25, 0.3) is 0 Å². The van der Waals surface area contributed by atoms with Crippen molar-refractivity contribution in [1.82, 2.24) is 5.32 Å². The zero-order chi connectivity index (χ0) is 18.6. The molecule has 0 saturated carbocycles. The third kappa shape index (κ3) is 4.34. The van der Waals surface area contributed by atoms with Crippen LogP contribution in [0.15, 0.2) is 54.6 Å². The lowest BCUT2D eigenvalue weighted by Crippen LogP contribution is -2.32. The lowest BCUT2D eigenvalue weighted by atomic mass is 9.97. The van der Waals surface area contributed by atoms with E-state index in [0.717, 1.165) is 10.9 Å². The van der Waals surface area contributed by atoms with Crippen molar-refractivity contribution in [2.24, 2.45) is 0 Å². The molecule has 3 rings (SSSR count). The minimum Gasteiger partial charge on any atom is -0.444 e. The smallest absolute Gasteiger partial charge is 0.407 e. The van der Waals surface area contributed by atoms with E-state index in [1.807, 2.05) is 32.9 Å². The molecule has 3 nitrogen and oxygen atoms in total. The van der Waals surface area contributed by atoms with Crippen LogP contribution in [0.3, 0.4) is 0 Å². The number of hydrogen-bond donors (Lipinski definition) is 1. The average molecular weight is 345 g/mol. The summed E-state index contributed by atoms with van der Waals surface area (Å²) in [5.74, 6) is 6.42. The second-order valence-corrected chi connectivity index (χ2v) is 7.17. The third-order valence-electron chi connectivity index (χ3n) is 3.91. The number of carbonyl (C=O) groups excluding carboxylic acids is 1. The normalized spacial score (nSPS) is 11.0. The molecule has 3 aromatic rings. The van der Waals surface area contributed by atoms with E-state index in [1.165, 1.54) is 16.2 Å². The van der Waals surface area contributed by atoms with Crippen molar-refractivity contribution in [3.63, 3.8) is 0 Å². The minimum atomic E-state index is -0.486. The molecule has 0 radical (unpaired) electrons. The number of carbonyl (C=O) groups is 1. The molecular formula is C23H23NO2. The molecule has 132 valence electrons. The third-order valence-corrected chi connectivity index (χ3v) is 3.91. The molecule has 0 atom stereocenters. The largest absolute Gasteiger partial charge is 0.444 e. The molecular weight excluding hydrogens is 322 g/mol. The molecule has 0 aliphatic rings. The van der Waals surface area contributed by atoms with Crippen LogP contribution in [0.5, 0.6) is 0 Å². The van der Waals surface area contributed by atoms with E-state index in [9.17, 15) is 4.79 Å². The summed E-state index contributed by atoms with van der Waals surface area (Å²) in [4.78, 5) is 11.6. The second-order valence-electron chi connectivity index (χ2n) is 7.17. The van der Waals surface area contributed by atoms with Gasteiger partial charge in [-0.25, -0.2) is 4.79 Å². The molecule has 1 N–H and O–H groups in total. The Kier molecular flexibility index (Phi) is 5.14. The van der Waals surface area contributed by atoms with Crippen molar-refractivity contribution < 1.29 is 9.53 Å². The van der Waals surface area contributed by atoms with Crippen molar-refractivity contribution >= 4 is 27.6 Å². The number of fused-ring (bicyclic) bond motifs is 3. The van der Waals surface area contributed by atoms with Gasteiger partial charge in [0, 0.05) is 18.5 Å². The minimum absolute atomic E-state index is 0.407. The van der Waals surface area contributed by atoms with Crippen LogP contribution in [-0.4, -0.2) is 18.2 Å². The van der Waals surface area contributed by atoms with Crippen molar-refractivity contribution in [3.8, 4) is 11.8 Å². The maximum atomic E-state index is 11.6. The molecule has 26 heavy (non-hydrogen) atoms. The summed E-state index contributed by atoms with van der Waals surface area (Å²) in [6.45, 7) is 6.00. The van der Waals surface area contributed by atoms with Gasteiger partial charge in [-0.2, -0.15) is 0 Å². The van der Waals surface area contributed by atoms with Gasteiger partial charge in [0.2, 0.25) is 0 Å². The van der Waals surface area contributed by atoms with E-state index in [4.69, 9.17) is 4.74 Å². The Balaban J connectivity index is 1.75. The lowest BCUT2D eigenvalue weighted by Gasteiger charge is -2.19. The van der Waals surface area contributed by atoms with E-state index >= 15 is 0 Å². The highest BCUT2D eigenvalue weighted by molar-refractivity contribution is 6.09. The molecule has 0 aliphatic carbocycles. The lowest BCUT2D eigenvalue weighted by molar-refractivity contribution is 0.0529. The summed E-state index contributed by atoms with van der Waals surface area (Å²) in [6, 6.07) is 18.8. The van der Waals surface area contributed by atoms with Gasteiger partial charge in [-0.15, -0.1) is 0 Å². The molecule has 0 unspecified atom stereocenters. The summed E-state index contributed by atoms with van der Waals surface area (Å²) in [5.41, 5.74) is 0.524. The fourth-order valence-corrected chi connectivity index (χ4v) is 2.86. The van der Waals surface area contributed by atoms with Crippen molar-refractivity contribution in [2.75, 3.05) is 6.54 Å². The van der Waals surface area contributed by atoms with Crippen LogP contribution in [0, 0.1) is 11.8 Å². The summed E-state index contributed by atoms with van der Waals surface area (Å²) in [7, 11) is 0. The average Bonchev–Trinajstić information content (AvgIpc) is 2.60. The number of ether oxygens (including phenoxy) is 1. The molecule has 3 heteroatoms. The Morgan fingerprint density at radius 3 is 2.38 bits per heavy atom. The second kappa shape index (κ2) is 7.49. The van der Waals surface area contributed by atoms with Gasteiger partial charge in [0.05, 0.1) is 0 Å². The van der Waals surface area contributed by atoms with Gasteiger partial charge < -0.3 is 10.1 Å². The summed E-state index contributed by atoms with van der Waals surface area (Å²) < 4.78 is 5.21. The van der Waals surface area contributed by atoms with E-state index in [0.29, 0.717) is 13.0 Å². The van der Waals surface area contributed by atoms with Crippen LogP contribution in [0.1, 0.15) is 32.8 Å². The monoisotopic (exact) mass is 345 g/mol. The summed E-state index contributed by atoms with van der Waals surface area (Å²) in [6.07, 6.45) is 0.163. The fourth-order valence-electron chi connectivity index (χ4n) is 2.86. The highest BCUT2D eigenvalue weighted by Gasteiger charge is 2.15. The van der Waals surface area contributed by atoms with Gasteiger partial charge in [0.15, 0.2) is 0 Å². The van der Waals surface area contributed by atoms with Crippen LogP contribution >= 0.6 is 0 Å². The Labute approximate surface area is 154 Å². The molecule has 0 spiro atoms. The quantitative estimate of drug-likeness (QED) is 0.391. The number of nitrogens with one attached hydrogen (secondary N) is 1. The molecule has 0 saturated heterocycles. The van der Waals surface area contributed by atoms with Gasteiger partial charge >= 0.3 is 6.09 Å². The van der Waals surface area contributed by atoms with Crippen LogP contribution < -0.4 is 5.32 Å². The van der Waals surface area contributed by atoms with E-state index in [-0.39, 0.29) is 0 Å². The molecule has 0 aliphatic heterocycles. The molecule has 1 amide bonds. The van der Waals surface area contributed by atoms with Crippen LogP contribution in [0.4, 0.5) is 4.79 Å². The van der Waals surface area contributed by atoms with Crippen LogP contribution in [0.25, 0.3) is 21.5 Å². The highest BCUT2D eigenvalue weighted by Crippen LogP contribution is 2.28. The number of alkyl carbamates (subject to hydrolysis) is 1. The first-order chi connectivity index (χ1) is 12.4. The van der Waals surface area contributed by atoms with Crippen molar-refractivity contribution in [2.45, 2.75) is 32.8 Å². The Bertz CT molecular complexity index is 1000. The first-order valence-corrected chi connectivity index (χ1v) is 8.80. The highest BCUT2D eigenvalue weighted by atomic mass is 16.6. The SMILES string of the molecule is CC(C)(C)OC(=O)NCCC#Cc1cc2ccccc2c2ccccc12.